The summed E-state index contributed by atoms with van der Waals surface area (Å²) in [6, 6.07) is 2.76. The summed E-state index contributed by atoms with van der Waals surface area (Å²) in [6.07, 6.45) is -1.79. The first kappa shape index (κ1) is 21.7. The molecule has 0 aromatic heterocycles. The molecule has 28 heavy (non-hydrogen) atoms. The Kier molecular flexibility index (Phi) is 6.35. The lowest BCUT2D eigenvalue weighted by atomic mass is 9.81. The lowest BCUT2D eigenvalue weighted by Crippen LogP contribution is -2.53. The molecule has 1 heterocycles. The Morgan fingerprint density at radius 2 is 1.75 bits per heavy atom. The van der Waals surface area contributed by atoms with Gasteiger partial charge in [-0.1, -0.05) is 6.92 Å². The van der Waals surface area contributed by atoms with Crippen LogP contribution < -0.4 is 15.2 Å². The van der Waals surface area contributed by atoms with E-state index in [9.17, 15) is 14.9 Å². The summed E-state index contributed by atoms with van der Waals surface area (Å²) in [7, 11) is 2.82. The molecule has 10 heteroatoms. The number of ether oxygens (including phenoxy) is 5. The number of hydrogen-bond acceptors (Lipinski definition) is 8. The Morgan fingerprint density at radius 3 is 2.21 bits per heavy atom. The van der Waals surface area contributed by atoms with Gasteiger partial charge in [0.15, 0.2) is 17.3 Å². The van der Waals surface area contributed by atoms with Gasteiger partial charge in [0.2, 0.25) is 0 Å². The van der Waals surface area contributed by atoms with Crippen LogP contribution in [0.2, 0.25) is 0 Å². The molecule has 1 aromatic rings. The lowest BCUT2D eigenvalue weighted by Gasteiger charge is -2.44. The van der Waals surface area contributed by atoms with Crippen LogP contribution in [0.15, 0.2) is 12.1 Å². The van der Waals surface area contributed by atoms with Gasteiger partial charge >= 0.3 is 6.09 Å². The van der Waals surface area contributed by atoms with Gasteiger partial charge in [-0.15, -0.1) is 0 Å². The molecule has 1 atom stereocenters. The summed E-state index contributed by atoms with van der Waals surface area (Å²) in [5, 5.41) is 11.6. The smallest absolute Gasteiger partial charge is 0.404 e. The number of carbonyl (C=O) groups is 1. The van der Waals surface area contributed by atoms with E-state index < -0.39 is 28.3 Å². The zero-order chi connectivity index (χ0) is 21.1. The van der Waals surface area contributed by atoms with Crippen molar-refractivity contribution < 1.29 is 33.4 Å². The van der Waals surface area contributed by atoms with Crippen LogP contribution >= 0.6 is 0 Å². The summed E-state index contributed by atoms with van der Waals surface area (Å²) in [4.78, 5) is 22.5. The standard InChI is InChI=1S/C18H26N2O8/c1-17(2)26-9-18(3,10-27-17)15(28-16(19)21)7-11-6-13(24-4)14(25-5)8-12(11)20(22)23/h6,8,15H,7,9-10H2,1-5H3,(H2,19,21). The van der Waals surface area contributed by atoms with Gasteiger partial charge in [-0.25, -0.2) is 4.79 Å². The Labute approximate surface area is 163 Å². The summed E-state index contributed by atoms with van der Waals surface area (Å²) >= 11 is 0. The molecule has 10 nitrogen and oxygen atoms in total. The van der Waals surface area contributed by atoms with E-state index in [1.165, 1.54) is 26.4 Å². The van der Waals surface area contributed by atoms with Gasteiger partial charge in [-0.3, -0.25) is 10.1 Å². The van der Waals surface area contributed by atoms with Crippen molar-refractivity contribution in [3.05, 3.63) is 27.8 Å². The van der Waals surface area contributed by atoms with Crippen molar-refractivity contribution in [2.24, 2.45) is 11.1 Å². The van der Waals surface area contributed by atoms with Crippen LogP contribution in [0.4, 0.5) is 10.5 Å². The highest BCUT2D eigenvalue weighted by molar-refractivity contribution is 5.65. The molecular formula is C18H26N2O8. The number of nitro benzene ring substituents is 1. The van der Waals surface area contributed by atoms with Crippen LogP contribution in [-0.4, -0.2) is 50.3 Å². The summed E-state index contributed by atoms with van der Waals surface area (Å²) < 4.78 is 27.1. The zero-order valence-corrected chi connectivity index (χ0v) is 16.6. The maximum Gasteiger partial charge on any atom is 0.404 e. The first-order valence-corrected chi connectivity index (χ1v) is 8.64. The van der Waals surface area contributed by atoms with Crippen LogP contribution in [0, 0.1) is 15.5 Å². The molecule has 1 saturated heterocycles. The number of rotatable bonds is 7. The third-order valence-corrected chi connectivity index (χ3v) is 4.72. The first-order chi connectivity index (χ1) is 13.0. The molecule has 0 spiro atoms. The van der Waals surface area contributed by atoms with Gasteiger partial charge in [0.05, 0.1) is 43.8 Å². The summed E-state index contributed by atoms with van der Waals surface area (Å²) in [5.74, 6) is -0.225. The van der Waals surface area contributed by atoms with E-state index >= 15 is 0 Å². The maximum absolute atomic E-state index is 11.6. The number of nitrogens with zero attached hydrogens (tertiary/aromatic N) is 1. The van der Waals surface area contributed by atoms with E-state index in [0.717, 1.165) is 0 Å². The Hall–Kier alpha value is -2.59. The minimum atomic E-state index is -0.987. The summed E-state index contributed by atoms with van der Waals surface area (Å²) in [5.41, 5.74) is 4.61. The quantitative estimate of drug-likeness (QED) is 0.547. The molecule has 0 saturated carbocycles. The highest BCUT2D eigenvalue weighted by Gasteiger charge is 2.45. The molecule has 1 amide bonds. The van der Waals surface area contributed by atoms with Crippen molar-refractivity contribution in [2.45, 2.75) is 39.1 Å². The van der Waals surface area contributed by atoms with Gasteiger partial charge in [0.25, 0.3) is 5.69 Å². The fourth-order valence-corrected chi connectivity index (χ4v) is 2.96. The van der Waals surface area contributed by atoms with E-state index in [1.807, 2.05) is 6.92 Å². The van der Waals surface area contributed by atoms with Crippen molar-refractivity contribution in [1.82, 2.24) is 0 Å². The van der Waals surface area contributed by atoms with Gasteiger partial charge in [-0.2, -0.15) is 0 Å². The van der Waals surface area contributed by atoms with Gasteiger partial charge < -0.3 is 29.4 Å². The number of amides is 1. The van der Waals surface area contributed by atoms with Crippen LogP contribution in [0.25, 0.3) is 0 Å². The normalized spacial score (nSPS) is 18.8. The van der Waals surface area contributed by atoms with E-state index in [-0.39, 0.29) is 31.1 Å². The van der Waals surface area contributed by atoms with Crippen molar-refractivity contribution in [1.29, 1.82) is 0 Å². The molecule has 1 fully saturated rings. The van der Waals surface area contributed by atoms with Crippen LogP contribution in [0.1, 0.15) is 26.3 Å². The molecule has 0 radical (unpaired) electrons. The van der Waals surface area contributed by atoms with Crippen molar-refractivity contribution >= 4 is 11.8 Å². The average Bonchev–Trinajstić information content (AvgIpc) is 2.62. The van der Waals surface area contributed by atoms with Crippen molar-refractivity contribution in [3.63, 3.8) is 0 Å². The molecule has 0 aliphatic carbocycles. The second-order valence-corrected chi connectivity index (χ2v) is 7.35. The SMILES string of the molecule is COc1cc(CC(OC(N)=O)C2(C)COC(C)(C)OC2)c([N+](=O)[O-])cc1OC. The molecule has 1 aliphatic rings. The molecule has 1 aliphatic heterocycles. The molecule has 2 N–H and O–H groups in total. The number of methoxy groups -OCH3 is 2. The molecule has 0 bridgehead atoms. The zero-order valence-electron chi connectivity index (χ0n) is 16.6. The second-order valence-electron chi connectivity index (χ2n) is 7.35. The Morgan fingerprint density at radius 1 is 1.21 bits per heavy atom. The molecular weight excluding hydrogens is 372 g/mol. The summed E-state index contributed by atoms with van der Waals surface area (Å²) in [6.45, 7) is 5.80. The van der Waals surface area contributed by atoms with E-state index in [4.69, 9.17) is 29.4 Å². The number of hydrogen-bond donors (Lipinski definition) is 1. The largest absolute Gasteiger partial charge is 0.493 e. The van der Waals surface area contributed by atoms with Crippen molar-refractivity contribution in [2.75, 3.05) is 27.4 Å². The molecule has 1 aromatic carbocycles. The number of primary amides is 1. The van der Waals surface area contributed by atoms with Crippen LogP contribution in [-0.2, 0) is 20.6 Å². The minimum absolute atomic E-state index is 0.0171. The molecule has 2 rings (SSSR count). The monoisotopic (exact) mass is 398 g/mol. The fourth-order valence-electron chi connectivity index (χ4n) is 2.96. The number of benzene rings is 1. The maximum atomic E-state index is 11.6. The van der Waals surface area contributed by atoms with Gasteiger partial charge in [-0.05, 0) is 19.9 Å². The highest BCUT2D eigenvalue weighted by Crippen LogP contribution is 2.39. The minimum Gasteiger partial charge on any atom is -0.493 e. The third-order valence-electron chi connectivity index (χ3n) is 4.72. The van der Waals surface area contributed by atoms with E-state index in [0.29, 0.717) is 11.3 Å². The van der Waals surface area contributed by atoms with Gasteiger partial charge in [0.1, 0.15) is 6.10 Å². The van der Waals surface area contributed by atoms with Crippen molar-refractivity contribution in [3.8, 4) is 11.5 Å². The first-order valence-electron chi connectivity index (χ1n) is 8.64. The number of nitrogens with two attached hydrogens (primary N) is 1. The topological polar surface area (TPSA) is 132 Å². The lowest BCUT2D eigenvalue weighted by molar-refractivity contribution is -0.385. The predicted octanol–water partition coefficient (Wildman–Crippen LogP) is 2.41. The van der Waals surface area contributed by atoms with E-state index in [1.54, 1.807) is 13.8 Å². The Balaban J connectivity index is 2.42. The predicted molar refractivity (Wildman–Crippen MR) is 98.5 cm³/mol. The fraction of sp³-hybridized carbons (Fsp3) is 0.611. The van der Waals surface area contributed by atoms with E-state index in [2.05, 4.69) is 0 Å². The van der Waals surface area contributed by atoms with Gasteiger partial charge in [0, 0.05) is 12.0 Å². The number of carbonyl (C=O) groups excluding carboxylic acids is 1. The van der Waals surface area contributed by atoms with Crippen LogP contribution in [0.3, 0.4) is 0 Å². The third kappa shape index (κ3) is 4.82. The second kappa shape index (κ2) is 8.19. The average molecular weight is 398 g/mol. The van der Waals surface area contributed by atoms with Crippen LogP contribution in [0.5, 0.6) is 11.5 Å². The number of nitro groups is 1. The molecule has 1 unspecified atom stereocenters. The Bertz CT molecular complexity index is 739. The molecule has 156 valence electrons. The highest BCUT2D eigenvalue weighted by atomic mass is 16.7.